The molecule has 0 unspecified atom stereocenters. The molecule has 0 saturated carbocycles. The van der Waals surface area contributed by atoms with E-state index in [1.165, 1.54) is 74.1 Å². The fourth-order valence-corrected chi connectivity index (χ4v) is 10.7. The number of anilines is 3. The van der Waals surface area contributed by atoms with Gasteiger partial charge in [-0.25, -0.2) is 0 Å². The van der Waals surface area contributed by atoms with Crippen molar-refractivity contribution in [3.05, 3.63) is 206 Å². The first kappa shape index (κ1) is 31.8. The molecule has 9 aromatic carbocycles. The summed E-state index contributed by atoms with van der Waals surface area (Å²) >= 11 is 0.332. The fraction of sp³-hybridized carbons (Fsp3) is 0. The SMILES string of the molecule is c1ccc(-n2c3ccccc3c3ccc(N(c4ccc(-c5ccc6ccccc6c5)cc4)c4ccc(-c5ccc6c(c5)[se]c5ccccc56)cc4)cc32)cc1. The summed E-state index contributed by atoms with van der Waals surface area (Å²) in [6.07, 6.45) is 0. The molecule has 0 atom stereocenters. The number of rotatable bonds is 6. The van der Waals surface area contributed by atoms with Crippen LogP contribution in [0.5, 0.6) is 0 Å². The summed E-state index contributed by atoms with van der Waals surface area (Å²) in [5.41, 5.74) is 11.8. The summed E-state index contributed by atoms with van der Waals surface area (Å²) < 4.78 is 5.33. The zero-order valence-corrected chi connectivity index (χ0v) is 31.6. The molecule has 0 aliphatic carbocycles. The van der Waals surface area contributed by atoms with E-state index in [2.05, 4.69) is 216 Å². The van der Waals surface area contributed by atoms with Gasteiger partial charge < -0.3 is 0 Å². The van der Waals surface area contributed by atoms with Gasteiger partial charge in [0.15, 0.2) is 0 Å². The fourth-order valence-electron chi connectivity index (χ4n) is 8.28. The first-order valence-electron chi connectivity index (χ1n) is 18.7. The van der Waals surface area contributed by atoms with Crippen LogP contribution in [0.25, 0.3) is 79.8 Å². The molecule has 0 bridgehead atoms. The second-order valence-corrected chi connectivity index (χ2v) is 16.5. The normalized spacial score (nSPS) is 11.6. The number of para-hydroxylation sites is 2. The Labute approximate surface area is 325 Å². The number of aromatic nitrogens is 1. The Bertz CT molecular complexity index is 3190. The molecule has 258 valence electrons. The third-order valence-corrected chi connectivity index (χ3v) is 13.4. The van der Waals surface area contributed by atoms with Gasteiger partial charge in [-0.1, -0.05) is 72.8 Å². The van der Waals surface area contributed by atoms with Crippen molar-refractivity contribution in [3.8, 4) is 27.9 Å². The molecule has 2 nitrogen and oxygen atoms in total. The summed E-state index contributed by atoms with van der Waals surface area (Å²) in [4.78, 5) is 2.39. The van der Waals surface area contributed by atoms with Crippen LogP contribution in [0.15, 0.2) is 206 Å². The average Bonchev–Trinajstić information content (AvgIpc) is 3.79. The molecular formula is C52H34N2Se. The van der Waals surface area contributed by atoms with Gasteiger partial charge >= 0.3 is 197 Å². The summed E-state index contributed by atoms with van der Waals surface area (Å²) in [5, 5.41) is 7.78. The van der Waals surface area contributed by atoms with Crippen LogP contribution in [0, 0.1) is 0 Å². The molecule has 55 heavy (non-hydrogen) atoms. The molecule has 2 aromatic heterocycles. The van der Waals surface area contributed by atoms with E-state index in [0.717, 1.165) is 22.7 Å². The van der Waals surface area contributed by atoms with Crippen LogP contribution in [0.1, 0.15) is 0 Å². The largest absolute Gasteiger partial charge is 0.0602 e. The maximum absolute atomic E-state index is 2.41. The first-order chi connectivity index (χ1) is 27.2. The third-order valence-electron chi connectivity index (χ3n) is 11.0. The van der Waals surface area contributed by atoms with Crippen LogP contribution < -0.4 is 4.90 Å². The second kappa shape index (κ2) is 13.0. The molecule has 0 N–H and O–H groups in total. The topological polar surface area (TPSA) is 8.17 Å². The molecule has 0 spiro atoms. The Hall–Kier alpha value is -6.64. The number of hydrogen-bond donors (Lipinski definition) is 0. The number of hydrogen-bond acceptors (Lipinski definition) is 1. The molecule has 11 rings (SSSR count). The Morgan fingerprint density at radius 3 is 1.65 bits per heavy atom. The van der Waals surface area contributed by atoms with E-state index in [4.69, 9.17) is 0 Å². The quantitative estimate of drug-likeness (QED) is 0.153. The van der Waals surface area contributed by atoms with E-state index in [1.54, 1.807) is 0 Å². The molecule has 2 heterocycles. The summed E-state index contributed by atoms with van der Waals surface area (Å²) in [6, 6.07) is 75.6. The molecule has 11 aromatic rings. The minimum Gasteiger partial charge on any atom is -0.0602 e. The number of fused-ring (bicyclic) bond motifs is 7. The van der Waals surface area contributed by atoms with E-state index in [-0.39, 0.29) is 0 Å². The minimum atomic E-state index is 0.332. The maximum Gasteiger partial charge on any atom is -0.0380 e. The van der Waals surface area contributed by atoms with Gasteiger partial charge in [-0.2, -0.15) is 0 Å². The summed E-state index contributed by atoms with van der Waals surface area (Å²) in [7, 11) is 0. The number of nitrogens with zero attached hydrogens (tertiary/aromatic N) is 2. The van der Waals surface area contributed by atoms with Crippen LogP contribution in [0.2, 0.25) is 0 Å². The molecule has 0 radical (unpaired) electrons. The van der Waals surface area contributed by atoms with Gasteiger partial charge in [0, 0.05) is 11.1 Å². The van der Waals surface area contributed by atoms with Crippen molar-refractivity contribution in [1.82, 2.24) is 4.57 Å². The molecule has 0 amide bonds. The predicted molar refractivity (Wildman–Crippen MR) is 236 cm³/mol. The molecule has 3 heteroatoms. The van der Waals surface area contributed by atoms with Crippen LogP contribution in [0.3, 0.4) is 0 Å². The monoisotopic (exact) mass is 766 g/mol. The van der Waals surface area contributed by atoms with E-state index in [1.807, 2.05) is 0 Å². The van der Waals surface area contributed by atoms with Gasteiger partial charge in [0.05, 0.1) is 5.52 Å². The Morgan fingerprint density at radius 2 is 0.873 bits per heavy atom. The van der Waals surface area contributed by atoms with Gasteiger partial charge in [0.25, 0.3) is 0 Å². The minimum absolute atomic E-state index is 0.332. The molecule has 0 fully saturated rings. The van der Waals surface area contributed by atoms with Crippen molar-refractivity contribution < 1.29 is 0 Å². The van der Waals surface area contributed by atoms with Gasteiger partial charge in [-0.3, -0.25) is 0 Å². The Kier molecular flexibility index (Phi) is 7.55. The van der Waals surface area contributed by atoms with Gasteiger partial charge in [0.2, 0.25) is 0 Å². The van der Waals surface area contributed by atoms with Crippen LogP contribution in [-0.2, 0) is 0 Å². The van der Waals surface area contributed by atoms with Gasteiger partial charge in [-0.05, 0) is 40.6 Å². The summed E-state index contributed by atoms with van der Waals surface area (Å²) in [6.45, 7) is 0. The summed E-state index contributed by atoms with van der Waals surface area (Å²) in [5.74, 6) is 0. The van der Waals surface area contributed by atoms with Crippen molar-refractivity contribution in [3.63, 3.8) is 0 Å². The molecule has 0 saturated heterocycles. The number of benzene rings is 9. The molecule has 0 aliphatic heterocycles. The first-order valence-corrected chi connectivity index (χ1v) is 20.5. The van der Waals surface area contributed by atoms with Crippen molar-refractivity contribution in [2.24, 2.45) is 0 Å². The van der Waals surface area contributed by atoms with Crippen molar-refractivity contribution >= 4 is 83.4 Å². The predicted octanol–water partition coefficient (Wildman–Crippen LogP) is 14.1. The molecule has 0 aliphatic rings. The Morgan fingerprint density at radius 1 is 0.327 bits per heavy atom. The second-order valence-electron chi connectivity index (χ2n) is 14.2. The van der Waals surface area contributed by atoms with Crippen LogP contribution >= 0.6 is 0 Å². The van der Waals surface area contributed by atoms with E-state index < -0.39 is 0 Å². The maximum atomic E-state index is 2.41. The molecular weight excluding hydrogens is 732 g/mol. The van der Waals surface area contributed by atoms with Crippen molar-refractivity contribution in [1.29, 1.82) is 0 Å². The van der Waals surface area contributed by atoms with Gasteiger partial charge in [-0.15, -0.1) is 0 Å². The van der Waals surface area contributed by atoms with Crippen LogP contribution in [-0.4, -0.2) is 19.1 Å². The Balaban J connectivity index is 1.04. The van der Waals surface area contributed by atoms with Crippen molar-refractivity contribution in [2.75, 3.05) is 4.90 Å². The van der Waals surface area contributed by atoms with E-state index >= 15 is 0 Å². The van der Waals surface area contributed by atoms with E-state index in [9.17, 15) is 0 Å². The zero-order chi connectivity index (χ0) is 36.3. The zero-order valence-electron chi connectivity index (χ0n) is 29.9. The smallest absolute Gasteiger partial charge is 0.0380 e. The van der Waals surface area contributed by atoms with Crippen molar-refractivity contribution in [2.45, 2.75) is 0 Å². The van der Waals surface area contributed by atoms with Crippen LogP contribution in [0.4, 0.5) is 17.1 Å². The average molecular weight is 766 g/mol. The standard InChI is InChI=1S/C52H34N2Se/c1-2-12-41(13-3-1)54-49-16-8-6-14-45(49)46-31-29-44(34-50(46)54)53(42-25-20-36(21-26-42)39-19-18-35-10-4-5-11-38(35)32-39)43-27-22-37(23-28-43)40-24-30-48-47-15-7-9-17-51(47)55-52(48)33-40/h1-34H. The van der Waals surface area contributed by atoms with Gasteiger partial charge in [0.1, 0.15) is 0 Å². The van der Waals surface area contributed by atoms with E-state index in [0.29, 0.717) is 14.5 Å². The third kappa shape index (κ3) is 5.48.